The van der Waals surface area contributed by atoms with Gasteiger partial charge >= 0.3 is 0 Å². The van der Waals surface area contributed by atoms with Gasteiger partial charge in [-0.15, -0.1) is 0 Å². The van der Waals surface area contributed by atoms with Crippen LogP contribution in [0.25, 0.3) is 10.9 Å². The van der Waals surface area contributed by atoms with Crippen molar-refractivity contribution in [3.05, 3.63) is 78.0 Å². The monoisotopic (exact) mass is 489 g/mol. The number of morpholine rings is 1. The van der Waals surface area contributed by atoms with Crippen molar-refractivity contribution in [2.24, 2.45) is 0 Å². The maximum Gasteiger partial charge on any atom is 0.267 e. The van der Waals surface area contributed by atoms with E-state index in [1.54, 1.807) is 6.08 Å². The highest BCUT2D eigenvalue weighted by Gasteiger charge is 2.19. The van der Waals surface area contributed by atoms with Crippen molar-refractivity contribution >= 4 is 16.8 Å². The van der Waals surface area contributed by atoms with Gasteiger partial charge in [0.2, 0.25) is 0 Å². The minimum absolute atomic E-state index is 0.0610. The Labute approximate surface area is 214 Å². The van der Waals surface area contributed by atoms with Crippen LogP contribution in [0, 0.1) is 0 Å². The first-order valence-corrected chi connectivity index (χ1v) is 12.9. The summed E-state index contributed by atoms with van der Waals surface area (Å²) in [6, 6.07) is 16.6. The van der Waals surface area contributed by atoms with Crippen LogP contribution in [0.3, 0.4) is 0 Å². The highest BCUT2D eigenvalue weighted by atomic mass is 16.5. The summed E-state index contributed by atoms with van der Waals surface area (Å²) >= 11 is 0. The van der Waals surface area contributed by atoms with Gasteiger partial charge in [-0.2, -0.15) is 0 Å². The lowest BCUT2D eigenvalue weighted by Crippen LogP contribution is -2.38. The second-order valence-corrected chi connectivity index (χ2v) is 10.4. The molecule has 0 atom stereocenters. The smallest absolute Gasteiger partial charge is 0.267 e. The van der Waals surface area contributed by atoms with Crippen molar-refractivity contribution in [2.45, 2.75) is 39.2 Å². The number of nitrogens with zero attached hydrogens (tertiary/aromatic N) is 2. The molecule has 6 nitrogen and oxygen atoms in total. The molecule has 1 fully saturated rings. The molecule has 192 valence electrons. The van der Waals surface area contributed by atoms with Crippen LogP contribution in [0.15, 0.2) is 61.2 Å². The molecule has 6 heteroatoms. The number of hydrogen-bond acceptors (Lipinski definition) is 4. The molecule has 1 aliphatic heterocycles. The van der Waals surface area contributed by atoms with Crippen LogP contribution in [0.5, 0.6) is 5.75 Å². The van der Waals surface area contributed by atoms with Crippen LogP contribution < -0.4 is 10.1 Å². The number of carbonyl (C=O) groups is 1. The summed E-state index contributed by atoms with van der Waals surface area (Å²) < 4.78 is 13.4. The van der Waals surface area contributed by atoms with E-state index in [9.17, 15) is 4.79 Å². The van der Waals surface area contributed by atoms with Crippen LogP contribution in [0.2, 0.25) is 0 Å². The summed E-state index contributed by atoms with van der Waals surface area (Å²) in [4.78, 5) is 15.8. The Kier molecular flexibility index (Phi) is 8.49. The predicted octanol–water partition coefficient (Wildman–Crippen LogP) is 5.00. The van der Waals surface area contributed by atoms with Gasteiger partial charge in [-0.3, -0.25) is 9.69 Å². The average Bonchev–Trinajstić information content (AvgIpc) is 3.24. The Morgan fingerprint density at radius 3 is 2.58 bits per heavy atom. The molecule has 0 bridgehead atoms. The molecule has 0 unspecified atom stereocenters. The number of carbonyl (C=O) groups excluding carboxylic acids is 1. The topological polar surface area (TPSA) is 55.7 Å². The van der Waals surface area contributed by atoms with Crippen LogP contribution >= 0.6 is 0 Å². The van der Waals surface area contributed by atoms with Gasteiger partial charge in [0.15, 0.2) is 0 Å². The summed E-state index contributed by atoms with van der Waals surface area (Å²) in [5, 5.41) is 4.08. The molecule has 2 heterocycles. The molecule has 1 aromatic heterocycles. The number of aromatic nitrogens is 1. The lowest BCUT2D eigenvalue weighted by Gasteiger charge is -2.26. The first-order valence-electron chi connectivity index (χ1n) is 12.9. The van der Waals surface area contributed by atoms with Crippen molar-refractivity contribution in [3.63, 3.8) is 0 Å². The number of hydrogen-bond donors (Lipinski definition) is 1. The summed E-state index contributed by atoms with van der Waals surface area (Å²) in [6.07, 6.45) is 2.64. The molecule has 0 aliphatic carbocycles. The highest BCUT2D eigenvalue weighted by Crippen LogP contribution is 2.30. The summed E-state index contributed by atoms with van der Waals surface area (Å²) in [6.45, 7) is 16.5. The van der Waals surface area contributed by atoms with E-state index in [1.165, 1.54) is 5.56 Å². The SMILES string of the molecule is C=CCOc1cccc2c1cc(C(=O)NCCCN1CCOCC1)n2Cc1ccc(C(C)(C)C)cc1. The molecular formula is C30H39N3O3. The van der Waals surface area contributed by atoms with Crippen LogP contribution in [0.4, 0.5) is 0 Å². The van der Waals surface area contributed by atoms with Gasteiger partial charge < -0.3 is 19.4 Å². The van der Waals surface area contributed by atoms with Gasteiger partial charge in [0.25, 0.3) is 5.91 Å². The van der Waals surface area contributed by atoms with Gasteiger partial charge in [0, 0.05) is 31.6 Å². The Morgan fingerprint density at radius 2 is 1.89 bits per heavy atom. The molecule has 36 heavy (non-hydrogen) atoms. The van der Waals surface area contributed by atoms with E-state index in [-0.39, 0.29) is 11.3 Å². The quantitative estimate of drug-likeness (QED) is 0.322. The van der Waals surface area contributed by atoms with E-state index >= 15 is 0 Å². The fourth-order valence-corrected chi connectivity index (χ4v) is 4.60. The van der Waals surface area contributed by atoms with Gasteiger partial charge in [-0.05, 0) is 47.7 Å². The number of benzene rings is 2. The third-order valence-corrected chi connectivity index (χ3v) is 6.70. The molecule has 0 radical (unpaired) electrons. The van der Waals surface area contributed by atoms with Crippen molar-refractivity contribution in [3.8, 4) is 5.75 Å². The first-order chi connectivity index (χ1) is 17.4. The maximum atomic E-state index is 13.4. The highest BCUT2D eigenvalue weighted by molar-refractivity contribution is 6.00. The second-order valence-electron chi connectivity index (χ2n) is 10.4. The van der Waals surface area contributed by atoms with E-state index in [0.717, 1.165) is 61.5 Å². The molecule has 3 aromatic rings. The van der Waals surface area contributed by atoms with E-state index in [2.05, 4.69) is 72.5 Å². The zero-order chi connectivity index (χ0) is 25.5. The van der Waals surface area contributed by atoms with Gasteiger partial charge in [0.05, 0.1) is 18.7 Å². The number of amides is 1. The van der Waals surface area contributed by atoms with Crippen molar-refractivity contribution in [1.82, 2.24) is 14.8 Å². The van der Waals surface area contributed by atoms with E-state index in [0.29, 0.717) is 25.4 Å². The van der Waals surface area contributed by atoms with Crippen molar-refractivity contribution in [2.75, 3.05) is 46.0 Å². The fourth-order valence-electron chi connectivity index (χ4n) is 4.60. The Balaban J connectivity index is 1.56. The molecule has 2 aromatic carbocycles. The van der Waals surface area contributed by atoms with Crippen LogP contribution in [-0.4, -0.2) is 61.4 Å². The minimum Gasteiger partial charge on any atom is -0.489 e. The molecule has 1 amide bonds. The number of fused-ring (bicyclic) bond motifs is 1. The van der Waals surface area contributed by atoms with E-state index in [4.69, 9.17) is 9.47 Å². The average molecular weight is 490 g/mol. The third kappa shape index (κ3) is 6.37. The number of rotatable bonds is 10. The van der Waals surface area contributed by atoms with Crippen LogP contribution in [0.1, 0.15) is 48.8 Å². The van der Waals surface area contributed by atoms with Crippen LogP contribution in [-0.2, 0) is 16.7 Å². The van der Waals surface area contributed by atoms with Gasteiger partial charge in [0.1, 0.15) is 18.1 Å². The molecule has 1 saturated heterocycles. The van der Waals surface area contributed by atoms with Gasteiger partial charge in [-0.1, -0.05) is 63.8 Å². The molecule has 4 rings (SSSR count). The summed E-state index contributed by atoms with van der Waals surface area (Å²) in [5.41, 5.74) is 4.17. The zero-order valence-electron chi connectivity index (χ0n) is 21.9. The van der Waals surface area contributed by atoms with Gasteiger partial charge in [-0.25, -0.2) is 0 Å². The third-order valence-electron chi connectivity index (χ3n) is 6.70. The van der Waals surface area contributed by atoms with Crippen molar-refractivity contribution < 1.29 is 14.3 Å². The van der Waals surface area contributed by atoms with E-state index in [1.807, 2.05) is 18.2 Å². The lowest BCUT2D eigenvalue weighted by molar-refractivity contribution is 0.0374. The zero-order valence-corrected chi connectivity index (χ0v) is 21.9. The number of ether oxygens (including phenoxy) is 2. The molecular weight excluding hydrogens is 450 g/mol. The minimum atomic E-state index is -0.0610. The van der Waals surface area contributed by atoms with E-state index < -0.39 is 0 Å². The summed E-state index contributed by atoms with van der Waals surface area (Å²) in [5.74, 6) is 0.699. The number of nitrogens with one attached hydrogen (secondary N) is 1. The molecule has 0 spiro atoms. The maximum absolute atomic E-state index is 13.4. The second kappa shape index (κ2) is 11.8. The largest absolute Gasteiger partial charge is 0.489 e. The molecule has 1 N–H and O–H groups in total. The Hall–Kier alpha value is -3.09. The standard InChI is InChI=1S/C30H39N3O3/c1-5-18-36-28-9-6-8-26-25(28)21-27(29(34)31-14-7-15-32-16-19-35-20-17-32)33(26)22-23-10-12-24(13-11-23)30(2,3)4/h5-6,8-13,21H,1,7,14-20,22H2,2-4H3,(H,31,34). The molecule has 0 saturated carbocycles. The Bertz CT molecular complexity index is 1170. The first kappa shape index (κ1) is 26.0. The summed E-state index contributed by atoms with van der Waals surface area (Å²) in [7, 11) is 0. The lowest BCUT2D eigenvalue weighted by atomic mass is 9.87. The fraction of sp³-hybridized carbons (Fsp3) is 0.433. The Morgan fingerprint density at radius 1 is 1.14 bits per heavy atom. The van der Waals surface area contributed by atoms with Crippen molar-refractivity contribution in [1.29, 1.82) is 0 Å². The molecule has 1 aliphatic rings. The predicted molar refractivity (Wildman–Crippen MR) is 146 cm³/mol. The normalized spacial score (nSPS) is 14.6.